The van der Waals surface area contributed by atoms with Crippen LogP contribution in [0.2, 0.25) is 10.0 Å². The van der Waals surface area contributed by atoms with Gasteiger partial charge < -0.3 is 10.2 Å². The highest BCUT2D eigenvalue weighted by molar-refractivity contribution is 6.35. The molecule has 3 rings (SSSR count). The molecule has 1 aromatic rings. The van der Waals surface area contributed by atoms with Crippen molar-refractivity contribution in [1.82, 2.24) is 4.90 Å². The van der Waals surface area contributed by atoms with E-state index in [1.165, 1.54) is 12.8 Å². The molecule has 4 nitrogen and oxygen atoms in total. The van der Waals surface area contributed by atoms with Crippen LogP contribution in [-0.4, -0.2) is 29.8 Å². The van der Waals surface area contributed by atoms with E-state index in [2.05, 4.69) is 5.32 Å². The van der Waals surface area contributed by atoms with Crippen LogP contribution in [0.1, 0.15) is 51.4 Å². The second-order valence-electron chi connectivity index (χ2n) is 7.40. The molecule has 1 saturated heterocycles. The maximum atomic E-state index is 12.7. The molecule has 1 saturated carbocycles. The predicted octanol–water partition coefficient (Wildman–Crippen LogP) is 5.14. The van der Waals surface area contributed by atoms with Gasteiger partial charge in [-0.3, -0.25) is 9.59 Å². The minimum atomic E-state index is -0.0711. The number of benzene rings is 1. The number of anilines is 1. The Morgan fingerprint density at radius 3 is 2.19 bits per heavy atom. The second-order valence-corrected chi connectivity index (χ2v) is 8.25. The largest absolute Gasteiger partial charge is 0.342 e. The van der Waals surface area contributed by atoms with E-state index in [0.717, 1.165) is 51.6 Å². The first-order valence-corrected chi connectivity index (χ1v) is 10.3. The number of carbonyl (C=O) groups excluding carboxylic acids is 2. The average molecular weight is 397 g/mol. The molecule has 0 spiro atoms. The van der Waals surface area contributed by atoms with Crippen molar-refractivity contribution in [3.63, 3.8) is 0 Å². The minimum absolute atomic E-state index is 0.0326. The summed E-state index contributed by atoms with van der Waals surface area (Å²) in [6.07, 6.45) is 7.75. The third kappa shape index (κ3) is 4.92. The fraction of sp³-hybridized carbons (Fsp3) is 0.600. The summed E-state index contributed by atoms with van der Waals surface area (Å²) in [5, 5.41) is 3.90. The summed E-state index contributed by atoms with van der Waals surface area (Å²) in [5.74, 6) is 0.267. The maximum absolute atomic E-state index is 12.7. The topological polar surface area (TPSA) is 49.4 Å². The number of nitrogens with zero attached hydrogens (tertiary/aromatic N) is 1. The number of amides is 2. The van der Waals surface area contributed by atoms with Crippen molar-refractivity contribution in [2.75, 3.05) is 18.4 Å². The zero-order valence-corrected chi connectivity index (χ0v) is 16.5. The molecule has 0 bridgehead atoms. The van der Waals surface area contributed by atoms with Gasteiger partial charge in [0.15, 0.2) is 0 Å². The van der Waals surface area contributed by atoms with Gasteiger partial charge in [0.25, 0.3) is 0 Å². The third-order valence-corrected chi connectivity index (χ3v) is 6.12. The molecule has 1 aliphatic heterocycles. The van der Waals surface area contributed by atoms with Crippen molar-refractivity contribution in [2.45, 2.75) is 51.4 Å². The fourth-order valence-corrected chi connectivity index (χ4v) is 4.32. The maximum Gasteiger partial charge on any atom is 0.227 e. The van der Waals surface area contributed by atoms with Crippen molar-refractivity contribution in [1.29, 1.82) is 0 Å². The molecule has 1 N–H and O–H groups in total. The molecule has 1 aromatic carbocycles. The third-order valence-electron chi connectivity index (χ3n) is 5.55. The Morgan fingerprint density at radius 2 is 1.54 bits per heavy atom. The van der Waals surface area contributed by atoms with E-state index in [-0.39, 0.29) is 17.7 Å². The summed E-state index contributed by atoms with van der Waals surface area (Å²) >= 11 is 12.1. The van der Waals surface area contributed by atoms with Gasteiger partial charge in [0.05, 0.1) is 10.7 Å². The molecule has 2 fully saturated rings. The van der Waals surface area contributed by atoms with E-state index in [1.807, 2.05) is 4.90 Å². The van der Waals surface area contributed by atoms with Crippen molar-refractivity contribution >= 4 is 40.7 Å². The molecule has 142 valence electrons. The molecule has 1 aliphatic carbocycles. The first kappa shape index (κ1) is 19.5. The molecular weight excluding hydrogens is 371 g/mol. The molecule has 0 atom stereocenters. The van der Waals surface area contributed by atoms with Crippen molar-refractivity contribution in [3.8, 4) is 0 Å². The van der Waals surface area contributed by atoms with Gasteiger partial charge in [-0.15, -0.1) is 0 Å². The lowest BCUT2D eigenvalue weighted by atomic mass is 9.81. The van der Waals surface area contributed by atoms with Gasteiger partial charge in [0, 0.05) is 29.9 Å². The standard InChI is InChI=1S/C20H26Cl2N2O2/c21-16-9-10-17(22)18(13-16)23-19(25)14-5-7-15(8-6-14)20(26)24-11-3-1-2-4-12-24/h9-10,13-15H,1-8,11-12H2,(H,23,25). The van der Waals surface area contributed by atoms with E-state index < -0.39 is 0 Å². The minimum Gasteiger partial charge on any atom is -0.342 e. The lowest BCUT2D eigenvalue weighted by Gasteiger charge is -2.31. The van der Waals surface area contributed by atoms with Gasteiger partial charge >= 0.3 is 0 Å². The van der Waals surface area contributed by atoms with Crippen LogP contribution < -0.4 is 5.32 Å². The van der Waals surface area contributed by atoms with Crippen LogP contribution in [0.5, 0.6) is 0 Å². The Bertz CT molecular complexity index is 649. The summed E-state index contributed by atoms with van der Waals surface area (Å²) in [7, 11) is 0. The lowest BCUT2D eigenvalue weighted by molar-refractivity contribution is -0.137. The Kier molecular flexibility index (Phi) is 6.82. The molecule has 0 radical (unpaired) electrons. The van der Waals surface area contributed by atoms with Gasteiger partial charge in [0.2, 0.25) is 11.8 Å². The zero-order chi connectivity index (χ0) is 18.5. The zero-order valence-electron chi connectivity index (χ0n) is 15.0. The summed E-state index contributed by atoms with van der Waals surface area (Å²) in [6, 6.07) is 5.03. The van der Waals surface area contributed by atoms with Gasteiger partial charge in [0.1, 0.15) is 0 Å². The molecule has 0 unspecified atom stereocenters. The lowest BCUT2D eigenvalue weighted by Crippen LogP contribution is -2.39. The number of rotatable bonds is 3. The summed E-state index contributed by atoms with van der Waals surface area (Å²) in [5.41, 5.74) is 0.548. The monoisotopic (exact) mass is 396 g/mol. The number of hydrogen-bond acceptors (Lipinski definition) is 2. The highest BCUT2D eigenvalue weighted by atomic mass is 35.5. The van der Waals surface area contributed by atoms with Crippen molar-refractivity contribution < 1.29 is 9.59 Å². The van der Waals surface area contributed by atoms with E-state index in [4.69, 9.17) is 23.2 Å². The average Bonchev–Trinajstić information content (AvgIpc) is 2.93. The Labute approximate surface area is 165 Å². The molecule has 26 heavy (non-hydrogen) atoms. The molecule has 6 heteroatoms. The summed E-state index contributed by atoms with van der Waals surface area (Å²) < 4.78 is 0. The van der Waals surface area contributed by atoms with Crippen molar-refractivity contribution in [2.24, 2.45) is 11.8 Å². The van der Waals surface area contributed by atoms with Gasteiger partial charge in [-0.1, -0.05) is 36.0 Å². The van der Waals surface area contributed by atoms with Crippen LogP contribution in [0, 0.1) is 11.8 Å². The predicted molar refractivity (Wildman–Crippen MR) is 106 cm³/mol. The van der Waals surface area contributed by atoms with E-state index in [9.17, 15) is 9.59 Å². The Morgan fingerprint density at radius 1 is 0.923 bits per heavy atom. The first-order valence-electron chi connectivity index (χ1n) is 9.59. The van der Waals surface area contributed by atoms with Crippen LogP contribution in [-0.2, 0) is 9.59 Å². The van der Waals surface area contributed by atoms with E-state index in [0.29, 0.717) is 21.6 Å². The number of hydrogen-bond donors (Lipinski definition) is 1. The van der Waals surface area contributed by atoms with Crippen LogP contribution >= 0.6 is 23.2 Å². The summed E-state index contributed by atoms with van der Waals surface area (Å²) in [4.78, 5) is 27.3. The molecule has 2 amide bonds. The SMILES string of the molecule is O=C(Nc1cc(Cl)ccc1Cl)C1CCC(C(=O)N2CCCCCC2)CC1. The van der Waals surface area contributed by atoms with E-state index >= 15 is 0 Å². The first-order chi connectivity index (χ1) is 12.5. The van der Waals surface area contributed by atoms with Gasteiger partial charge in [-0.05, 0) is 56.7 Å². The quantitative estimate of drug-likeness (QED) is 0.768. The van der Waals surface area contributed by atoms with Gasteiger partial charge in [-0.2, -0.15) is 0 Å². The molecular formula is C20H26Cl2N2O2. The van der Waals surface area contributed by atoms with Crippen LogP contribution in [0.15, 0.2) is 18.2 Å². The van der Waals surface area contributed by atoms with E-state index in [1.54, 1.807) is 18.2 Å². The van der Waals surface area contributed by atoms with Crippen LogP contribution in [0.4, 0.5) is 5.69 Å². The van der Waals surface area contributed by atoms with Crippen LogP contribution in [0.3, 0.4) is 0 Å². The number of carbonyl (C=O) groups is 2. The second kappa shape index (κ2) is 9.09. The van der Waals surface area contributed by atoms with Gasteiger partial charge in [-0.25, -0.2) is 0 Å². The number of likely N-dealkylation sites (tertiary alicyclic amines) is 1. The highest BCUT2D eigenvalue weighted by Crippen LogP contribution is 2.32. The number of nitrogens with one attached hydrogen (secondary N) is 1. The van der Waals surface area contributed by atoms with Crippen LogP contribution in [0.25, 0.3) is 0 Å². The highest BCUT2D eigenvalue weighted by Gasteiger charge is 2.32. The fourth-order valence-electron chi connectivity index (χ4n) is 3.98. The molecule has 1 heterocycles. The molecule has 2 aliphatic rings. The molecule has 0 aromatic heterocycles. The Balaban J connectivity index is 1.52. The normalized spacial score (nSPS) is 24.0. The smallest absolute Gasteiger partial charge is 0.227 e. The number of halogens is 2. The summed E-state index contributed by atoms with van der Waals surface area (Å²) in [6.45, 7) is 1.79. The Hall–Kier alpha value is -1.26. The van der Waals surface area contributed by atoms with Crippen molar-refractivity contribution in [3.05, 3.63) is 28.2 Å².